The smallest absolute Gasteiger partial charge is 0.317 e. The van der Waals surface area contributed by atoms with Gasteiger partial charge in [0.2, 0.25) is 0 Å². The number of nitrogens with one attached hydrogen (secondary N) is 1. The Labute approximate surface area is 160 Å². The van der Waals surface area contributed by atoms with Gasteiger partial charge in [0.1, 0.15) is 6.33 Å². The van der Waals surface area contributed by atoms with Crippen molar-refractivity contribution in [2.45, 2.75) is 25.1 Å². The molecule has 2 rings (SSSR count). The number of aromatic nitrogens is 3. The average molecular weight is 395 g/mol. The van der Waals surface area contributed by atoms with E-state index in [0.717, 1.165) is 23.0 Å². The molecule has 1 amide bonds. The van der Waals surface area contributed by atoms with Gasteiger partial charge in [-0.3, -0.25) is 14.2 Å². The third kappa shape index (κ3) is 5.34. The van der Waals surface area contributed by atoms with Crippen LogP contribution in [0.2, 0.25) is 5.02 Å². The van der Waals surface area contributed by atoms with Crippen LogP contribution in [0, 0.1) is 6.92 Å². The van der Waals surface area contributed by atoms with Gasteiger partial charge in [-0.25, -0.2) is 0 Å². The summed E-state index contributed by atoms with van der Waals surface area (Å²) in [6.45, 7) is 7.25. The van der Waals surface area contributed by atoms with Gasteiger partial charge in [0, 0.05) is 11.6 Å². The van der Waals surface area contributed by atoms with Crippen molar-refractivity contribution < 1.29 is 14.3 Å². The molecule has 7 nitrogen and oxygen atoms in total. The molecule has 1 heterocycles. The highest BCUT2D eigenvalue weighted by Gasteiger charge is 2.18. The van der Waals surface area contributed by atoms with E-state index in [1.807, 2.05) is 19.1 Å². The Kier molecular flexibility index (Phi) is 7.23. The van der Waals surface area contributed by atoms with Gasteiger partial charge in [-0.15, -0.1) is 16.8 Å². The summed E-state index contributed by atoms with van der Waals surface area (Å²) in [5.41, 5.74) is 1.75. The normalized spacial score (nSPS) is 11.7. The molecule has 0 aliphatic heterocycles. The maximum Gasteiger partial charge on any atom is 0.317 e. The SMILES string of the molecule is C=CCNC(=O)C(C)OC(=O)CSc1nncn1-c1ccc(C)c(Cl)c1. The Bertz CT molecular complexity index is 809. The summed E-state index contributed by atoms with van der Waals surface area (Å²) in [6.07, 6.45) is 2.21. The van der Waals surface area contributed by atoms with E-state index < -0.39 is 12.1 Å². The van der Waals surface area contributed by atoms with Crippen LogP contribution in [0.25, 0.3) is 5.69 Å². The highest BCUT2D eigenvalue weighted by Crippen LogP contribution is 2.23. The summed E-state index contributed by atoms with van der Waals surface area (Å²) in [6, 6.07) is 5.58. The van der Waals surface area contributed by atoms with Crippen molar-refractivity contribution in [2.24, 2.45) is 0 Å². The molecule has 2 aromatic rings. The molecule has 1 aromatic heterocycles. The zero-order chi connectivity index (χ0) is 19.1. The lowest BCUT2D eigenvalue weighted by atomic mass is 10.2. The van der Waals surface area contributed by atoms with Crippen LogP contribution in [-0.2, 0) is 14.3 Å². The van der Waals surface area contributed by atoms with Crippen molar-refractivity contribution in [3.05, 3.63) is 47.8 Å². The number of esters is 1. The first-order valence-corrected chi connectivity index (χ1v) is 9.16. The number of hydrogen-bond acceptors (Lipinski definition) is 6. The minimum Gasteiger partial charge on any atom is -0.452 e. The molecule has 0 aliphatic rings. The van der Waals surface area contributed by atoms with Crippen LogP contribution >= 0.6 is 23.4 Å². The monoisotopic (exact) mass is 394 g/mol. The zero-order valence-corrected chi connectivity index (χ0v) is 16.0. The average Bonchev–Trinajstić information content (AvgIpc) is 3.08. The van der Waals surface area contributed by atoms with Crippen LogP contribution in [0.1, 0.15) is 12.5 Å². The largest absolute Gasteiger partial charge is 0.452 e. The molecule has 0 radical (unpaired) electrons. The third-order valence-corrected chi connectivity index (χ3v) is 4.69. The van der Waals surface area contributed by atoms with E-state index in [9.17, 15) is 9.59 Å². The predicted molar refractivity (Wildman–Crippen MR) is 101 cm³/mol. The van der Waals surface area contributed by atoms with Crippen molar-refractivity contribution >= 4 is 35.2 Å². The molecular formula is C17H19ClN4O3S. The molecule has 0 saturated heterocycles. The van der Waals surface area contributed by atoms with Gasteiger partial charge in [0.05, 0.1) is 11.4 Å². The number of hydrogen-bond donors (Lipinski definition) is 1. The van der Waals surface area contributed by atoms with E-state index in [-0.39, 0.29) is 11.7 Å². The Hall–Kier alpha value is -2.32. The fraction of sp³-hybridized carbons (Fsp3) is 0.294. The van der Waals surface area contributed by atoms with Gasteiger partial charge < -0.3 is 10.1 Å². The minimum atomic E-state index is -0.878. The number of nitrogens with zero attached hydrogens (tertiary/aromatic N) is 3. The Morgan fingerprint density at radius 1 is 1.50 bits per heavy atom. The first kappa shape index (κ1) is 20.0. The van der Waals surface area contributed by atoms with Gasteiger partial charge in [-0.05, 0) is 31.5 Å². The fourth-order valence-electron chi connectivity index (χ4n) is 1.96. The Morgan fingerprint density at radius 3 is 2.96 bits per heavy atom. The van der Waals surface area contributed by atoms with Gasteiger partial charge in [-0.2, -0.15) is 0 Å². The number of ether oxygens (including phenoxy) is 1. The van der Waals surface area contributed by atoms with E-state index >= 15 is 0 Å². The molecule has 1 unspecified atom stereocenters. The summed E-state index contributed by atoms with van der Waals surface area (Å²) in [4.78, 5) is 23.6. The number of halogens is 1. The van der Waals surface area contributed by atoms with E-state index in [0.29, 0.717) is 16.7 Å². The number of carbonyl (C=O) groups excluding carboxylic acids is 2. The lowest BCUT2D eigenvalue weighted by Crippen LogP contribution is -2.36. The first-order valence-electron chi connectivity index (χ1n) is 7.79. The molecule has 26 heavy (non-hydrogen) atoms. The van der Waals surface area contributed by atoms with Crippen LogP contribution in [-0.4, -0.2) is 45.0 Å². The molecule has 0 fully saturated rings. The topological polar surface area (TPSA) is 86.1 Å². The first-order chi connectivity index (χ1) is 12.4. The second kappa shape index (κ2) is 9.40. The highest BCUT2D eigenvalue weighted by molar-refractivity contribution is 7.99. The summed E-state index contributed by atoms with van der Waals surface area (Å²) in [7, 11) is 0. The van der Waals surface area contributed by atoms with E-state index in [1.54, 1.807) is 23.0 Å². The standard InChI is InChI=1S/C17H19ClN4O3S/c1-4-7-19-16(24)12(3)25-15(23)9-26-17-21-20-10-22(17)13-6-5-11(2)14(18)8-13/h4-6,8,10,12H,1,7,9H2,2-3H3,(H,19,24). The van der Waals surface area contributed by atoms with Crippen LogP contribution in [0.5, 0.6) is 0 Å². The van der Waals surface area contributed by atoms with Crippen LogP contribution in [0.4, 0.5) is 0 Å². The molecular weight excluding hydrogens is 376 g/mol. The molecule has 0 saturated carbocycles. The summed E-state index contributed by atoms with van der Waals surface area (Å²) in [5, 5.41) is 11.6. The molecule has 138 valence electrons. The summed E-state index contributed by atoms with van der Waals surface area (Å²) in [5.74, 6) is -0.898. The molecule has 0 spiro atoms. The molecule has 0 bridgehead atoms. The lowest BCUT2D eigenvalue weighted by molar-refractivity contribution is -0.152. The van der Waals surface area contributed by atoms with Crippen molar-refractivity contribution in [1.82, 2.24) is 20.1 Å². The van der Waals surface area contributed by atoms with E-state index in [4.69, 9.17) is 16.3 Å². The van der Waals surface area contributed by atoms with Crippen molar-refractivity contribution in [3.63, 3.8) is 0 Å². The van der Waals surface area contributed by atoms with E-state index in [1.165, 1.54) is 6.92 Å². The summed E-state index contributed by atoms with van der Waals surface area (Å²) < 4.78 is 6.83. The molecule has 1 N–H and O–H groups in total. The van der Waals surface area contributed by atoms with Crippen LogP contribution < -0.4 is 5.32 Å². The number of aryl methyl sites for hydroxylation is 1. The maximum absolute atomic E-state index is 12.0. The molecule has 1 atom stereocenters. The zero-order valence-electron chi connectivity index (χ0n) is 14.4. The van der Waals surface area contributed by atoms with Gasteiger partial charge >= 0.3 is 5.97 Å². The van der Waals surface area contributed by atoms with Gasteiger partial charge in [-0.1, -0.05) is 35.5 Å². The van der Waals surface area contributed by atoms with Crippen molar-refractivity contribution in [2.75, 3.05) is 12.3 Å². The second-order valence-electron chi connectivity index (χ2n) is 5.37. The number of thioether (sulfide) groups is 1. The van der Waals surface area contributed by atoms with Gasteiger partial charge in [0.25, 0.3) is 5.91 Å². The van der Waals surface area contributed by atoms with E-state index in [2.05, 4.69) is 22.1 Å². The van der Waals surface area contributed by atoms with Gasteiger partial charge in [0.15, 0.2) is 11.3 Å². The fourth-order valence-corrected chi connectivity index (χ4v) is 2.84. The van der Waals surface area contributed by atoms with Crippen molar-refractivity contribution in [3.8, 4) is 5.69 Å². The predicted octanol–water partition coefficient (Wildman–Crippen LogP) is 2.56. The Morgan fingerprint density at radius 2 is 2.27 bits per heavy atom. The quantitative estimate of drug-likeness (QED) is 0.420. The highest BCUT2D eigenvalue weighted by atomic mass is 35.5. The second-order valence-corrected chi connectivity index (χ2v) is 6.72. The molecule has 9 heteroatoms. The Balaban J connectivity index is 1.95. The van der Waals surface area contributed by atoms with Crippen molar-refractivity contribution in [1.29, 1.82) is 0 Å². The number of amides is 1. The molecule has 1 aromatic carbocycles. The lowest BCUT2D eigenvalue weighted by Gasteiger charge is -2.12. The number of rotatable bonds is 8. The number of benzene rings is 1. The summed E-state index contributed by atoms with van der Waals surface area (Å²) >= 11 is 7.32. The van der Waals surface area contributed by atoms with Crippen LogP contribution in [0.3, 0.4) is 0 Å². The third-order valence-electron chi connectivity index (χ3n) is 3.37. The van der Waals surface area contributed by atoms with Crippen LogP contribution in [0.15, 0.2) is 42.3 Å². The minimum absolute atomic E-state index is 0.00261. The number of carbonyl (C=O) groups is 2. The maximum atomic E-state index is 12.0. The molecule has 0 aliphatic carbocycles.